The Hall–Kier alpha value is -2.62. The molecule has 0 bridgehead atoms. The third-order valence-corrected chi connectivity index (χ3v) is 8.44. The van der Waals surface area contributed by atoms with Crippen LogP contribution in [0.1, 0.15) is 29.3 Å². The standard InChI is InChI=1S/C23H22F2N2O3S2/c24-18-5-3-16(4-6-18)22(21-2-1-15-31-21)26-23(28)17-11-13-27(14-12-17)32(29,30)20-9-7-19(25)8-10-20/h1-10,15,17,22H,11-14H2,(H,26,28). The van der Waals surface area contributed by atoms with Crippen LogP contribution in [0.25, 0.3) is 0 Å². The first-order valence-electron chi connectivity index (χ1n) is 10.2. The van der Waals surface area contributed by atoms with Gasteiger partial charge in [0.1, 0.15) is 11.6 Å². The van der Waals surface area contributed by atoms with E-state index in [-0.39, 0.29) is 35.6 Å². The van der Waals surface area contributed by atoms with Gasteiger partial charge in [0.15, 0.2) is 0 Å². The predicted octanol–water partition coefficient (Wildman–Crippen LogP) is 4.33. The quantitative estimate of drug-likeness (QED) is 0.576. The Kier molecular flexibility index (Phi) is 6.68. The lowest BCUT2D eigenvalue weighted by molar-refractivity contribution is -0.126. The van der Waals surface area contributed by atoms with Gasteiger partial charge in [-0.2, -0.15) is 4.31 Å². The molecule has 1 atom stereocenters. The summed E-state index contributed by atoms with van der Waals surface area (Å²) in [5, 5.41) is 4.97. The Bertz CT molecular complexity index is 1160. The third kappa shape index (κ3) is 4.90. The van der Waals surface area contributed by atoms with Crippen molar-refractivity contribution >= 4 is 27.3 Å². The van der Waals surface area contributed by atoms with Crippen LogP contribution in [0.2, 0.25) is 0 Å². The molecule has 1 saturated heterocycles. The van der Waals surface area contributed by atoms with Crippen LogP contribution in [0.4, 0.5) is 8.78 Å². The lowest BCUT2D eigenvalue weighted by atomic mass is 9.96. The highest BCUT2D eigenvalue weighted by Gasteiger charge is 2.33. The summed E-state index contributed by atoms with van der Waals surface area (Å²) in [5.74, 6) is -1.34. The van der Waals surface area contributed by atoms with Crippen molar-refractivity contribution in [1.82, 2.24) is 9.62 Å². The van der Waals surface area contributed by atoms with Crippen molar-refractivity contribution in [3.8, 4) is 0 Å². The number of sulfonamides is 1. The number of thiophene rings is 1. The van der Waals surface area contributed by atoms with E-state index in [1.807, 2.05) is 17.5 Å². The number of rotatable bonds is 6. The molecule has 0 aliphatic carbocycles. The smallest absolute Gasteiger partial charge is 0.243 e. The van der Waals surface area contributed by atoms with Crippen molar-refractivity contribution in [3.63, 3.8) is 0 Å². The summed E-state index contributed by atoms with van der Waals surface area (Å²) in [6.45, 7) is 0.413. The van der Waals surface area contributed by atoms with Crippen LogP contribution < -0.4 is 5.32 Å². The summed E-state index contributed by atoms with van der Waals surface area (Å²) in [7, 11) is -3.73. The normalized spacial score (nSPS) is 16.6. The monoisotopic (exact) mass is 476 g/mol. The molecule has 0 radical (unpaired) electrons. The van der Waals surface area contributed by atoms with E-state index in [0.717, 1.165) is 22.6 Å². The Morgan fingerprint density at radius 2 is 1.56 bits per heavy atom. The number of amides is 1. The molecule has 5 nitrogen and oxygen atoms in total. The molecule has 1 aliphatic rings. The Morgan fingerprint density at radius 1 is 0.969 bits per heavy atom. The molecular weight excluding hydrogens is 454 g/mol. The van der Waals surface area contributed by atoms with E-state index >= 15 is 0 Å². The van der Waals surface area contributed by atoms with Gasteiger partial charge in [-0.3, -0.25) is 4.79 Å². The van der Waals surface area contributed by atoms with Crippen LogP contribution in [-0.4, -0.2) is 31.7 Å². The second-order valence-electron chi connectivity index (χ2n) is 7.64. The Labute approximate surface area is 189 Å². The highest BCUT2D eigenvalue weighted by Crippen LogP contribution is 2.29. The van der Waals surface area contributed by atoms with Crippen molar-refractivity contribution in [1.29, 1.82) is 0 Å². The largest absolute Gasteiger partial charge is 0.344 e. The molecule has 2 aromatic carbocycles. The van der Waals surface area contributed by atoms with Gasteiger partial charge in [-0.05, 0) is 66.2 Å². The zero-order valence-corrected chi connectivity index (χ0v) is 18.7. The van der Waals surface area contributed by atoms with E-state index in [2.05, 4.69) is 5.32 Å². The Balaban J connectivity index is 1.43. The first kappa shape index (κ1) is 22.6. The number of nitrogens with one attached hydrogen (secondary N) is 1. The van der Waals surface area contributed by atoms with Crippen molar-refractivity contribution in [2.24, 2.45) is 5.92 Å². The molecular formula is C23H22F2N2O3S2. The second-order valence-corrected chi connectivity index (χ2v) is 10.6. The number of carbonyl (C=O) groups is 1. The first-order chi connectivity index (χ1) is 15.3. The number of halogens is 2. The topological polar surface area (TPSA) is 66.5 Å². The zero-order valence-electron chi connectivity index (χ0n) is 17.1. The second kappa shape index (κ2) is 9.48. The van der Waals surface area contributed by atoms with E-state index < -0.39 is 21.9 Å². The summed E-state index contributed by atoms with van der Waals surface area (Å²) in [4.78, 5) is 14.0. The molecule has 1 fully saturated rings. The lowest BCUT2D eigenvalue weighted by Gasteiger charge is -2.31. The van der Waals surface area contributed by atoms with Gasteiger partial charge >= 0.3 is 0 Å². The van der Waals surface area contributed by atoms with Gasteiger partial charge in [-0.25, -0.2) is 17.2 Å². The fourth-order valence-electron chi connectivity index (χ4n) is 3.80. The number of piperidine rings is 1. The average molecular weight is 477 g/mol. The van der Waals surface area contributed by atoms with E-state index in [1.165, 1.54) is 39.9 Å². The van der Waals surface area contributed by atoms with Crippen LogP contribution in [0.5, 0.6) is 0 Å². The number of benzene rings is 2. The number of carbonyl (C=O) groups excluding carboxylic acids is 1. The number of nitrogens with zero attached hydrogens (tertiary/aromatic N) is 1. The molecule has 0 saturated carbocycles. The zero-order chi connectivity index (χ0) is 22.7. The van der Waals surface area contributed by atoms with E-state index in [4.69, 9.17) is 0 Å². The van der Waals surface area contributed by atoms with Gasteiger partial charge in [0.2, 0.25) is 15.9 Å². The van der Waals surface area contributed by atoms with Crippen molar-refractivity contribution in [2.45, 2.75) is 23.8 Å². The summed E-state index contributed by atoms with van der Waals surface area (Å²) in [6.07, 6.45) is 0.764. The minimum absolute atomic E-state index is 0.0378. The van der Waals surface area contributed by atoms with Gasteiger partial charge < -0.3 is 5.32 Å². The molecule has 4 rings (SSSR count). The molecule has 1 aromatic heterocycles. The van der Waals surface area contributed by atoms with Crippen LogP contribution in [-0.2, 0) is 14.8 Å². The summed E-state index contributed by atoms with van der Waals surface area (Å²) in [5.41, 5.74) is 0.776. The molecule has 1 N–H and O–H groups in total. The van der Waals surface area contributed by atoms with E-state index in [1.54, 1.807) is 12.1 Å². The van der Waals surface area contributed by atoms with Gasteiger partial charge in [-0.1, -0.05) is 18.2 Å². The number of hydrogen-bond acceptors (Lipinski definition) is 4. The van der Waals surface area contributed by atoms with E-state index in [9.17, 15) is 22.0 Å². The minimum atomic E-state index is -3.73. The predicted molar refractivity (Wildman–Crippen MR) is 119 cm³/mol. The fourth-order valence-corrected chi connectivity index (χ4v) is 6.08. The highest BCUT2D eigenvalue weighted by atomic mass is 32.2. The first-order valence-corrected chi connectivity index (χ1v) is 12.5. The molecule has 2 heterocycles. The summed E-state index contributed by atoms with van der Waals surface area (Å²) in [6, 6.07) is 14.2. The van der Waals surface area contributed by atoms with Crippen LogP contribution >= 0.6 is 11.3 Å². The minimum Gasteiger partial charge on any atom is -0.344 e. The maximum atomic E-state index is 13.4. The highest BCUT2D eigenvalue weighted by molar-refractivity contribution is 7.89. The molecule has 168 valence electrons. The van der Waals surface area contributed by atoms with Gasteiger partial charge in [0, 0.05) is 23.9 Å². The SMILES string of the molecule is O=C(NC(c1ccc(F)cc1)c1cccs1)C1CCN(S(=O)(=O)c2ccc(F)cc2)CC1. The maximum Gasteiger partial charge on any atom is 0.243 e. The van der Waals surface area contributed by atoms with Gasteiger partial charge in [0.05, 0.1) is 10.9 Å². The molecule has 1 aliphatic heterocycles. The third-order valence-electron chi connectivity index (χ3n) is 5.59. The van der Waals surface area contributed by atoms with Crippen LogP contribution in [0.3, 0.4) is 0 Å². The fraction of sp³-hybridized carbons (Fsp3) is 0.261. The molecule has 32 heavy (non-hydrogen) atoms. The molecule has 9 heteroatoms. The summed E-state index contributed by atoms with van der Waals surface area (Å²) < 4.78 is 53.4. The molecule has 1 unspecified atom stereocenters. The van der Waals surface area contributed by atoms with Crippen LogP contribution in [0.15, 0.2) is 70.9 Å². The average Bonchev–Trinajstić information content (AvgIpc) is 3.33. The van der Waals surface area contributed by atoms with E-state index in [0.29, 0.717) is 12.8 Å². The van der Waals surface area contributed by atoms with Crippen molar-refractivity contribution in [2.75, 3.05) is 13.1 Å². The van der Waals surface area contributed by atoms with Crippen molar-refractivity contribution in [3.05, 3.63) is 88.1 Å². The number of hydrogen-bond donors (Lipinski definition) is 1. The lowest BCUT2D eigenvalue weighted by Crippen LogP contribution is -2.43. The maximum absolute atomic E-state index is 13.4. The van der Waals surface area contributed by atoms with Gasteiger partial charge in [-0.15, -0.1) is 11.3 Å². The summed E-state index contributed by atoms with van der Waals surface area (Å²) >= 11 is 1.50. The molecule has 0 spiro atoms. The molecule has 1 amide bonds. The van der Waals surface area contributed by atoms with Crippen molar-refractivity contribution < 1.29 is 22.0 Å². The Morgan fingerprint density at radius 3 is 2.12 bits per heavy atom. The van der Waals surface area contributed by atoms with Crippen LogP contribution in [0, 0.1) is 17.6 Å². The van der Waals surface area contributed by atoms with Gasteiger partial charge in [0.25, 0.3) is 0 Å². The molecule has 3 aromatic rings.